The molecule has 6 N–H and O–H groups in total. The third-order valence-corrected chi connectivity index (χ3v) is 4.20. The van der Waals surface area contributed by atoms with Gasteiger partial charge >= 0.3 is 10.4 Å². The Balaban J connectivity index is 2.88. The number of thioether (sulfide) groups is 1. The lowest BCUT2D eigenvalue weighted by Gasteiger charge is -2.39. The van der Waals surface area contributed by atoms with E-state index in [4.69, 9.17) is 14.4 Å². The molecule has 136 valence electrons. The van der Waals surface area contributed by atoms with Crippen molar-refractivity contribution in [2.24, 2.45) is 5.16 Å². The van der Waals surface area contributed by atoms with Gasteiger partial charge in [0.2, 0.25) is 0 Å². The van der Waals surface area contributed by atoms with Crippen LogP contribution in [0.5, 0.6) is 0 Å². The van der Waals surface area contributed by atoms with E-state index < -0.39 is 53.0 Å². The van der Waals surface area contributed by atoms with Gasteiger partial charge in [-0.2, -0.15) is 8.42 Å². The van der Waals surface area contributed by atoms with Crippen molar-refractivity contribution in [2.45, 2.75) is 49.3 Å². The van der Waals surface area contributed by atoms with Gasteiger partial charge in [-0.25, -0.2) is 4.28 Å². The van der Waals surface area contributed by atoms with Gasteiger partial charge in [0, 0.05) is 6.42 Å². The van der Waals surface area contributed by atoms with Gasteiger partial charge in [0.25, 0.3) is 0 Å². The van der Waals surface area contributed by atoms with Crippen LogP contribution in [0.25, 0.3) is 0 Å². The Hall–Kier alpha value is -0.510. The van der Waals surface area contributed by atoms with Gasteiger partial charge in [-0.05, 0) is 6.92 Å². The van der Waals surface area contributed by atoms with Crippen LogP contribution in [-0.4, -0.2) is 86.1 Å². The summed E-state index contributed by atoms with van der Waals surface area (Å²) in [5.74, 6) is 0. The van der Waals surface area contributed by atoms with Crippen molar-refractivity contribution in [1.29, 1.82) is 0 Å². The largest absolute Gasteiger partial charge is 0.466 e. The molecule has 1 heterocycles. The van der Waals surface area contributed by atoms with E-state index in [1.165, 1.54) is 6.92 Å². The molecule has 23 heavy (non-hydrogen) atoms. The van der Waals surface area contributed by atoms with Crippen LogP contribution >= 0.6 is 11.8 Å². The van der Waals surface area contributed by atoms with Crippen LogP contribution in [0, 0.1) is 0 Å². The lowest BCUT2D eigenvalue weighted by molar-refractivity contribution is -0.205. The minimum Gasteiger partial charge on any atom is -0.394 e. The monoisotopic (exact) mass is 377 g/mol. The highest BCUT2D eigenvalue weighted by Gasteiger charge is 2.44. The number of rotatable bonds is 6. The predicted octanol–water partition coefficient (Wildman–Crippen LogP) is -2.58. The molecule has 13 heteroatoms. The Bertz CT molecular complexity index is 508. The van der Waals surface area contributed by atoms with Crippen molar-refractivity contribution in [3.05, 3.63) is 0 Å². The zero-order valence-corrected chi connectivity index (χ0v) is 13.6. The molecule has 1 aliphatic heterocycles. The highest BCUT2D eigenvalue weighted by atomic mass is 32.3. The maximum absolute atomic E-state index is 10.5. The normalized spacial score (nSPS) is 34.2. The van der Waals surface area contributed by atoms with Crippen LogP contribution in [-0.2, 0) is 19.4 Å². The van der Waals surface area contributed by atoms with Gasteiger partial charge in [0.1, 0.15) is 34.9 Å². The number of hydrogen-bond acceptors (Lipinski definition) is 11. The van der Waals surface area contributed by atoms with Crippen LogP contribution in [0.1, 0.15) is 13.3 Å². The molecule has 0 aromatic carbocycles. The molecule has 0 aliphatic carbocycles. The number of aliphatic hydroxyl groups is 5. The van der Waals surface area contributed by atoms with E-state index >= 15 is 0 Å². The maximum Gasteiger partial charge on any atom is 0.466 e. The van der Waals surface area contributed by atoms with E-state index in [0.29, 0.717) is 11.8 Å². The van der Waals surface area contributed by atoms with E-state index in [0.717, 1.165) is 0 Å². The van der Waals surface area contributed by atoms with Crippen molar-refractivity contribution < 1.29 is 47.5 Å². The van der Waals surface area contributed by atoms with Crippen molar-refractivity contribution >= 4 is 27.2 Å². The standard InChI is InChI=1S/C10H19NO10S2/c1-4(13)2-6(11-21-23(17,18)19)22-10-9(16)8(15)7(14)5(3-12)20-10/h4-5,7-10,12-16H,2-3H2,1H3,(H,17,18,19)/b11-6+. The van der Waals surface area contributed by atoms with E-state index in [2.05, 4.69) is 9.44 Å². The first-order chi connectivity index (χ1) is 10.5. The number of hydrogen-bond donors (Lipinski definition) is 6. The summed E-state index contributed by atoms with van der Waals surface area (Å²) in [6.07, 6.45) is -7.05. The second kappa shape index (κ2) is 8.55. The highest BCUT2D eigenvalue weighted by molar-refractivity contribution is 8.14. The van der Waals surface area contributed by atoms with Crippen LogP contribution < -0.4 is 0 Å². The van der Waals surface area contributed by atoms with E-state index in [1.54, 1.807) is 0 Å². The third kappa shape index (κ3) is 6.48. The summed E-state index contributed by atoms with van der Waals surface area (Å²) in [6.45, 7) is 0.739. The highest BCUT2D eigenvalue weighted by Crippen LogP contribution is 2.30. The van der Waals surface area contributed by atoms with Gasteiger partial charge in [-0.1, -0.05) is 16.9 Å². The molecule has 1 fully saturated rings. The van der Waals surface area contributed by atoms with Gasteiger partial charge in [0.15, 0.2) is 0 Å². The zero-order valence-electron chi connectivity index (χ0n) is 12.0. The van der Waals surface area contributed by atoms with Crippen molar-refractivity contribution in [2.75, 3.05) is 6.61 Å². The molecule has 6 unspecified atom stereocenters. The molecule has 0 radical (unpaired) electrons. The summed E-state index contributed by atoms with van der Waals surface area (Å²) >= 11 is 0.603. The number of aliphatic hydroxyl groups excluding tert-OH is 5. The average Bonchev–Trinajstić information content (AvgIpc) is 2.44. The first-order valence-electron chi connectivity index (χ1n) is 6.43. The van der Waals surface area contributed by atoms with Crippen molar-refractivity contribution in [1.82, 2.24) is 0 Å². The molecule has 6 atom stereocenters. The van der Waals surface area contributed by atoms with Crippen LogP contribution in [0.15, 0.2) is 5.16 Å². The minimum absolute atomic E-state index is 0.165. The van der Waals surface area contributed by atoms with E-state index in [9.17, 15) is 28.8 Å². The summed E-state index contributed by atoms with van der Waals surface area (Å²) < 4.78 is 38.6. The second-order valence-electron chi connectivity index (χ2n) is 4.86. The third-order valence-electron chi connectivity index (χ3n) is 2.80. The van der Waals surface area contributed by atoms with Gasteiger partial charge in [0.05, 0.1) is 12.7 Å². The summed E-state index contributed by atoms with van der Waals surface area (Å²) in [4.78, 5) is 0. The Kier molecular flexibility index (Phi) is 7.63. The summed E-state index contributed by atoms with van der Waals surface area (Å²) in [7, 11) is -4.86. The maximum atomic E-state index is 10.5. The molecule has 0 aromatic rings. The number of ether oxygens (including phenoxy) is 1. The zero-order chi connectivity index (χ0) is 17.8. The molecule has 1 rings (SSSR count). The Morgan fingerprint density at radius 2 is 1.91 bits per heavy atom. The molecule has 0 spiro atoms. The van der Waals surface area contributed by atoms with Crippen LogP contribution in [0.3, 0.4) is 0 Å². The average molecular weight is 377 g/mol. The molecular weight excluding hydrogens is 358 g/mol. The first-order valence-corrected chi connectivity index (χ1v) is 8.67. The van der Waals surface area contributed by atoms with E-state index in [1.807, 2.05) is 0 Å². The summed E-state index contributed by atoms with van der Waals surface area (Å²) in [6, 6.07) is 0. The fourth-order valence-corrected chi connectivity index (χ4v) is 3.16. The number of nitrogens with zero attached hydrogens (tertiary/aromatic N) is 1. The molecule has 1 aliphatic rings. The van der Waals surface area contributed by atoms with Gasteiger partial charge in [-0.3, -0.25) is 4.55 Å². The minimum atomic E-state index is -4.86. The predicted molar refractivity (Wildman–Crippen MR) is 77.7 cm³/mol. The second-order valence-corrected chi connectivity index (χ2v) is 7.03. The first kappa shape index (κ1) is 20.5. The Morgan fingerprint density at radius 3 is 2.39 bits per heavy atom. The fourth-order valence-electron chi connectivity index (χ4n) is 1.75. The molecule has 0 bridgehead atoms. The smallest absolute Gasteiger partial charge is 0.394 e. The lowest BCUT2D eigenvalue weighted by atomic mass is 10.0. The molecule has 0 aromatic heterocycles. The van der Waals surface area contributed by atoms with Crippen LogP contribution in [0.4, 0.5) is 0 Å². The Morgan fingerprint density at radius 1 is 1.30 bits per heavy atom. The molecule has 0 amide bonds. The quantitative estimate of drug-likeness (QED) is 0.123. The van der Waals surface area contributed by atoms with E-state index in [-0.39, 0.29) is 11.5 Å². The Labute approximate surface area is 136 Å². The summed E-state index contributed by atoms with van der Waals surface area (Å²) in [5.41, 5.74) is -1.23. The molecular formula is C10H19NO10S2. The topological polar surface area (TPSA) is 186 Å². The summed E-state index contributed by atoms with van der Waals surface area (Å²) in [5, 5.41) is 50.6. The SMILES string of the molecule is CC(O)C/C(=N\OS(=O)(=O)O)SC1OC(CO)C(O)C(O)C1O. The lowest BCUT2D eigenvalue weighted by Crippen LogP contribution is -2.57. The number of oxime groups is 1. The van der Waals surface area contributed by atoms with Crippen LogP contribution in [0.2, 0.25) is 0 Å². The van der Waals surface area contributed by atoms with Crippen molar-refractivity contribution in [3.8, 4) is 0 Å². The van der Waals surface area contributed by atoms with Crippen molar-refractivity contribution in [3.63, 3.8) is 0 Å². The van der Waals surface area contributed by atoms with Gasteiger partial charge < -0.3 is 30.3 Å². The molecule has 0 saturated carbocycles. The fraction of sp³-hybridized carbons (Fsp3) is 0.900. The molecule has 1 saturated heterocycles. The molecule has 11 nitrogen and oxygen atoms in total. The van der Waals surface area contributed by atoms with Gasteiger partial charge in [-0.15, -0.1) is 0 Å².